The van der Waals surface area contributed by atoms with Crippen LogP contribution in [0.2, 0.25) is 0 Å². The number of aromatic nitrogens is 1. The molecule has 0 aliphatic rings. The average Bonchev–Trinajstić information content (AvgIpc) is 2.72. The number of nitrogens with two attached hydrogens (primary N) is 1. The third-order valence-corrected chi connectivity index (χ3v) is 2.55. The fourth-order valence-corrected chi connectivity index (χ4v) is 1.60. The molecule has 0 amide bonds. The van der Waals surface area contributed by atoms with Gasteiger partial charge in [0.2, 0.25) is 5.71 Å². The van der Waals surface area contributed by atoms with Crippen molar-refractivity contribution in [2.45, 2.75) is 19.8 Å². The molecule has 0 spiro atoms. The first-order valence-electron chi connectivity index (χ1n) is 5.18. The molecule has 7 heteroatoms. The van der Waals surface area contributed by atoms with Crippen LogP contribution < -0.4 is 5.73 Å². The number of carbonyl (C=O) groups is 1. The number of nitrogens with zero attached hydrogens (tertiary/aromatic N) is 2. The quantitative estimate of drug-likeness (QED) is 0.360. The molecule has 1 aromatic rings. The van der Waals surface area contributed by atoms with Gasteiger partial charge in [-0.3, -0.25) is 0 Å². The van der Waals surface area contributed by atoms with E-state index in [2.05, 4.69) is 15.0 Å². The lowest BCUT2D eigenvalue weighted by Crippen LogP contribution is -2.20. The molecule has 0 aliphatic carbocycles. The van der Waals surface area contributed by atoms with Crippen LogP contribution >= 0.6 is 11.3 Å². The molecule has 0 aromatic carbocycles. The normalized spacial score (nSPS) is 11.3. The Bertz CT molecular complexity index is 403. The summed E-state index contributed by atoms with van der Waals surface area (Å²) in [4.78, 5) is 20.3. The Hall–Kier alpha value is -1.63. The number of thiazole rings is 1. The molecule has 94 valence electrons. The molecule has 0 saturated heterocycles. The van der Waals surface area contributed by atoms with E-state index in [9.17, 15) is 4.79 Å². The molecule has 1 heterocycles. The Labute approximate surface area is 103 Å². The summed E-state index contributed by atoms with van der Waals surface area (Å²) in [5.74, 6) is -0.550. The standard InChI is InChI=1S/C10H15N3O3S/c1-3-4-5-16-9(14)8(13-15-2)7-6-17-10(11)12-7/h6H,3-5H2,1-2H3,(H2,11,12). The Morgan fingerprint density at radius 3 is 2.94 bits per heavy atom. The van der Waals surface area contributed by atoms with E-state index in [0.717, 1.165) is 12.8 Å². The van der Waals surface area contributed by atoms with Gasteiger partial charge in [-0.1, -0.05) is 18.5 Å². The molecule has 0 aliphatic heterocycles. The summed E-state index contributed by atoms with van der Waals surface area (Å²) < 4.78 is 5.03. The maximum absolute atomic E-state index is 11.7. The van der Waals surface area contributed by atoms with Gasteiger partial charge >= 0.3 is 5.97 Å². The number of esters is 1. The highest BCUT2D eigenvalue weighted by Gasteiger charge is 2.19. The Kier molecular flexibility index (Phi) is 5.41. The van der Waals surface area contributed by atoms with E-state index in [0.29, 0.717) is 17.4 Å². The molecule has 17 heavy (non-hydrogen) atoms. The third-order valence-electron chi connectivity index (χ3n) is 1.87. The van der Waals surface area contributed by atoms with E-state index >= 15 is 0 Å². The number of ether oxygens (including phenoxy) is 1. The second-order valence-corrected chi connectivity index (χ2v) is 4.07. The lowest BCUT2D eigenvalue weighted by Gasteiger charge is -2.04. The average molecular weight is 257 g/mol. The van der Waals surface area contributed by atoms with Gasteiger partial charge in [-0.2, -0.15) is 0 Å². The smallest absolute Gasteiger partial charge is 0.362 e. The van der Waals surface area contributed by atoms with Crippen LogP contribution in [0.3, 0.4) is 0 Å². The van der Waals surface area contributed by atoms with Crippen LogP contribution in [-0.4, -0.2) is 30.4 Å². The minimum Gasteiger partial charge on any atom is -0.461 e. The number of hydrogen-bond donors (Lipinski definition) is 1. The number of oxime groups is 1. The Morgan fingerprint density at radius 2 is 2.41 bits per heavy atom. The van der Waals surface area contributed by atoms with Gasteiger partial charge in [0, 0.05) is 5.38 Å². The number of nitrogen functional groups attached to an aromatic ring is 1. The van der Waals surface area contributed by atoms with E-state index in [1.807, 2.05) is 6.92 Å². The molecule has 0 bridgehead atoms. The van der Waals surface area contributed by atoms with Crippen molar-refractivity contribution < 1.29 is 14.4 Å². The predicted molar refractivity (Wildman–Crippen MR) is 65.9 cm³/mol. The molecule has 2 N–H and O–H groups in total. The van der Waals surface area contributed by atoms with Gasteiger partial charge in [-0.05, 0) is 6.42 Å². The molecule has 0 radical (unpaired) electrons. The Balaban J connectivity index is 2.73. The molecule has 6 nitrogen and oxygen atoms in total. The Morgan fingerprint density at radius 1 is 1.65 bits per heavy atom. The molecule has 1 rings (SSSR count). The van der Waals surface area contributed by atoms with Crippen molar-refractivity contribution in [2.75, 3.05) is 19.5 Å². The van der Waals surface area contributed by atoms with Crippen LogP contribution in [0, 0.1) is 0 Å². The highest BCUT2D eigenvalue weighted by atomic mass is 32.1. The zero-order valence-corrected chi connectivity index (χ0v) is 10.6. The zero-order chi connectivity index (χ0) is 12.7. The fourth-order valence-electron chi connectivity index (χ4n) is 1.05. The fraction of sp³-hybridized carbons (Fsp3) is 0.500. The largest absolute Gasteiger partial charge is 0.461 e. The number of unbranched alkanes of at least 4 members (excludes halogenated alkanes) is 1. The highest BCUT2D eigenvalue weighted by molar-refractivity contribution is 7.13. The van der Waals surface area contributed by atoms with Gasteiger partial charge in [0.05, 0.1) is 6.61 Å². The first kappa shape index (κ1) is 13.4. The lowest BCUT2D eigenvalue weighted by atomic mass is 10.3. The molecule has 1 aromatic heterocycles. The maximum atomic E-state index is 11.7. The van der Waals surface area contributed by atoms with Crippen molar-refractivity contribution in [2.24, 2.45) is 5.16 Å². The third kappa shape index (κ3) is 4.03. The second-order valence-electron chi connectivity index (χ2n) is 3.18. The first-order valence-corrected chi connectivity index (χ1v) is 6.06. The van der Waals surface area contributed by atoms with Gasteiger partial charge < -0.3 is 15.3 Å². The number of hydrogen-bond acceptors (Lipinski definition) is 7. The van der Waals surface area contributed by atoms with Crippen LogP contribution in [0.4, 0.5) is 5.13 Å². The first-order chi connectivity index (χ1) is 8.19. The van der Waals surface area contributed by atoms with Crippen molar-refractivity contribution in [3.8, 4) is 0 Å². The second kappa shape index (κ2) is 6.85. The predicted octanol–water partition coefficient (Wildman–Crippen LogP) is 1.42. The van der Waals surface area contributed by atoms with Gasteiger partial charge in [0.25, 0.3) is 0 Å². The molecular weight excluding hydrogens is 242 g/mol. The van der Waals surface area contributed by atoms with E-state index < -0.39 is 5.97 Å². The zero-order valence-electron chi connectivity index (χ0n) is 9.80. The van der Waals surface area contributed by atoms with Crippen molar-refractivity contribution in [1.29, 1.82) is 0 Å². The number of rotatable bonds is 6. The van der Waals surface area contributed by atoms with Crippen LogP contribution in [0.5, 0.6) is 0 Å². The van der Waals surface area contributed by atoms with Crippen LogP contribution in [0.15, 0.2) is 10.5 Å². The van der Waals surface area contributed by atoms with Gasteiger partial charge in [-0.25, -0.2) is 9.78 Å². The summed E-state index contributed by atoms with van der Waals surface area (Å²) in [7, 11) is 1.36. The van der Waals surface area contributed by atoms with Crippen LogP contribution in [0.25, 0.3) is 0 Å². The molecule has 0 fully saturated rings. The maximum Gasteiger partial charge on any atom is 0.362 e. The van der Waals surface area contributed by atoms with Crippen molar-refractivity contribution in [1.82, 2.24) is 4.98 Å². The van der Waals surface area contributed by atoms with Crippen molar-refractivity contribution in [3.63, 3.8) is 0 Å². The molecular formula is C10H15N3O3S. The summed E-state index contributed by atoms with van der Waals surface area (Å²) in [5.41, 5.74) is 5.90. The SMILES string of the molecule is CCCCOC(=O)C(=NOC)c1csc(N)n1. The summed E-state index contributed by atoms with van der Waals surface area (Å²) in [6, 6.07) is 0. The number of carbonyl (C=O) groups excluding carboxylic acids is 1. The summed E-state index contributed by atoms with van der Waals surface area (Å²) in [6.07, 6.45) is 1.76. The van der Waals surface area contributed by atoms with Crippen LogP contribution in [0.1, 0.15) is 25.5 Å². The molecule has 0 unspecified atom stereocenters. The van der Waals surface area contributed by atoms with E-state index in [-0.39, 0.29) is 5.71 Å². The van der Waals surface area contributed by atoms with Crippen molar-refractivity contribution >= 4 is 28.1 Å². The van der Waals surface area contributed by atoms with E-state index in [4.69, 9.17) is 10.5 Å². The highest BCUT2D eigenvalue weighted by Crippen LogP contribution is 2.13. The van der Waals surface area contributed by atoms with E-state index in [1.165, 1.54) is 18.4 Å². The van der Waals surface area contributed by atoms with E-state index in [1.54, 1.807) is 5.38 Å². The molecule has 0 atom stereocenters. The minimum atomic E-state index is -0.550. The summed E-state index contributed by atoms with van der Waals surface area (Å²) >= 11 is 1.23. The van der Waals surface area contributed by atoms with Crippen LogP contribution in [-0.2, 0) is 14.4 Å². The topological polar surface area (TPSA) is 86.8 Å². The summed E-state index contributed by atoms with van der Waals surface area (Å²) in [5, 5.41) is 5.62. The summed E-state index contributed by atoms with van der Waals surface area (Å²) in [6.45, 7) is 2.37. The number of anilines is 1. The van der Waals surface area contributed by atoms with Gasteiger partial charge in [0.15, 0.2) is 5.13 Å². The van der Waals surface area contributed by atoms with Gasteiger partial charge in [-0.15, -0.1) is 11.3 Å². The van der Waals surface area contributed by atoms with Gasteiger partial charge in [0.1, 0.15) is 12.8 Å². The molecule has 0 saturated carbocycles. The lowest BCUT2D eigenvalue weighted by molar-refractivity contribution is -0.135. The van der Waals surface area contributed by atoms with Crippen molar-refractivity contribution in [3.05, 3.63) is 11.1 Å². The minimum absolute atomic E-state index is 0.0385. The monoisotopic (exact) mass is 257 g/mol.